The summed E-state index contributed by atoms with van der Waals surface area (Å²) < 4.78 is 1.56. The Hall–Kier alpha value is -1.39. The number of hydrogen-bond donors (Lipinski definition) is 2. The molecule has 6 heteroatoms. The maximum Gasteiger partial charge on any atom is 0.265 e. The van der Waals surface area contributed by atoms with E-state index >= 15 is 0 Å². The first kappa shape index (κ1) is 11.1. The smallest absolute Gasteiger partial charge is 0.265 e. The Morgan fingerprint density at radius 3 is 2.56 bits per heavy atom. The van der Waals surface area contributed by atoms with E-state index in [0.29, 0.717) is 16.6 Å². The molecule has 0 saturated heterocycles. The number of nitrogens with zero attached hydrogens (tertiary/aromatic N) is 1. The Bertz CT molecular complexity index is 605. The van der Waals surface area contributed by atoms with Gasteiger partial charge in [-0.15, -0.1) is 0 Å². The van der Waals surface area contributed by atoms with Crippen molar-refractivity contribution in [2.45, 2.75) is 0 Å². The van der Waals surface area contributed by atoms with E-state index in [2.05, 4.69) is 0 Å². The predicted molar refractivity (Wildman–Crippen MR) is 63.1 cm³/mol. The van der Waals surface area contributed by atoms with Crippen LogP contribution in [0.1, 0.15) is 10.5 Å². The molecule has 2 rings (SSSR count). The van der Waals surface area contributed by atoms with E-state index < -0.39 is 5.91 Å². The van der Waals surface area contributed by atoms with Gasteiger partial charge in [-0.3, -0.25) is 4.79 Å². The summed E-state index contributed by atoms with van der Waals surface area (Å²) in [4.78, 5) is 11.1. The molecule has 16 heavy (non-hydrogen) atoms. The Morgan fingerprint density at radius 1 is 1.38 bits per heavy atom. The van der Waals surface area contributed by atoms with Crippen LogP contribution >= 0.6 is 23.2 Å². The summed E-state index contributed by atoms with van der Waals surface area (Å²) in [6, 6.07) is 2.99. The van der Waals surface area contributed by atoms with Gasteiger partial charge in [-0.25, -0.2) is 0 Å². The molecule has 84 valence electrons. The highest BCUT2D eigenvalue weighted by molar-refractivity contribution is 6.46. The highest BCUT2D eigenvalue weighted by atomic mass is 35.5. The van der Waals surface area contributed by atoms with Crippen LogP contribution in [0.25, 0.3) is 10.9 Å². The molecule has 0 saturated carbocycles. The van der Waals surface area contributed by atoms with Gasteiger partial charge in [0.25, 0.3) is 5.91 Å². The van der Waals surface area contributed by atoms with Crippen molar-refractivity contribution in [1.29, 1.82) is 0 Å². The number of hydrogen-bond acceptors (Lipinski definition) is 2. The number of aromatic hydroxyl groups is 1. The zero-order valence-electron chi connectivity index (χ0n) is 8.29. The molecule has 4 nitrogen and oxygen atoms in total. The number of benzene rings is 1. The number of amides is 1. The first-order valence-electron chi connectivity index (χ1n) is 4.39. The van der Waals surface area contributed by atoms with Crippen molar-refractivity contribution in [2.75, 3.05) is 0 Å². The highest BCUT2D eigenvalue weighted by Crippen LogP contribution is 2.38. The first-order chi connectivity index (χ1) is 7.43. The molecule has 0 aliphatic heterocycles. The van der Waals surface area contributed by atoms with E-state index in [9.17, 15) is 9.90 Å². The summed E-state index contributed by atoms with van der Waals surface area (Å²) in [6.07, 6.45) is 0. The van der Waals surface area contributed by atoms with Crippen molar-refractivity contribution in [3.63, 3.8) is 0 Å². The Morgan fingerprint density at radius 2 is 2.00 bits per heavy atom. The third kappa shape index (κ3) is 1.42. The first-order valence-corrected chi connectivity index (χ1v) is 5.15. The molecule has 0 aliphatic carbocycles. The van der Waals surface area contributed by atoms with Crippen molar-refractivity contribution in [3.05, 3.63) is 27.9 Å². The molecule has 0 unspecified atom stereocenters. The highest BCUT2D eigenvalue weighted by Gasteiger charge is 2.16. The molecule has 1 aromatic heterocycles. The molecule has 0 fully saturated rings. The number of carbonyl (C=O) groups is 1. The number of primary amides is 1. The second-order valence-corrected chi connectivity index (χ2v) is 4.17. The number of fused-ring (bicyclic) bond motifs is 1. The number of phenolic OH excluding ortho intramolecular Hbond substituents is 1. The zero-order valence-corrected chi connectivity index (χ0v) is 9.80. The van der Waals surface area contributed by atoms with Crippen LogP contribution in [0.4, 0.5) is 0 Å². The summed E-state index contributed by atoms with van der Waals surface area (Å²) in [7, 11) is 1.66. The molecule has 1 amide bonds. The summed E-state index contributed by atoms with van der Waals surface area (Å²) in [5, 5.41) is 10.4. The van der Waals surface area contributed by atoms with Crippen LogP contribution < -0.4 is 5.73 Å². The van der Waals surface area contributed by atoms with Crippen LogP contribution in [0.15, 0.2) is 12.1 Å². The minimum atomic E-state index is -0.564. The van der Waals surface area contributed by atoms with Gasteiger partial charge < -0.3 is 15.4 Å². The fourth-order valence-corrected chi connectivity index (χ4v) is 2.03. The monoisotopic (exact) mass is 258 g/mol. The normalized spacial score (nSPS) is 10.9. The molecule has 0 atom stereocenters. The summed E-state index contributed by atoms with van der Waals surface area (Å²) in [6.45, 7) is 0. The van der Waals surface area contributed by atoms with Gasteiger partial charge in [-0.1, -0.05) is 23.2 Å². The molecule has 1 aromatic carbocycles. The van der Waals surface area contributed by atoms with Crippen LogP contribution in [-0.4, -0.2) is 15.6 Å². The summed E-state index contributed by atoms with van der Waals surface area (Å²) >= 11 is 11.8. The van der Waals surface area contributed by atoms with E-state index in [4.69, 9.17) is 28.9 Å². The van der Waals surface area contributed by atoms with Gasteiger partial charge in [-0.2, -0.15) is 0 Å². The average molecular weight is 259 g/mol. The number of carbonyl (C=O) groups excluding carboxylic acids is 1. The Balaban J connectivity index is 2.92. The molecule has 0 aliphatic rings. The molecular weight excluding hydrogens is 251 g/mol. The third-order valence-electron chi connectivity index (χ3n) is 2.46. The van der Waals surface area contributed by atoms with Crippen molar-refractivity contribution < 1.29 is 9.90 Å². The lowest BCUT2D eigenvalue weighted by molar-refractivity contribution is 0.0993. The van der Waals surface area contributed by atoms with Gasteiger partial charge in [0.05, 0.1) is 10.5 Å². The Kier molecular flexibility index (Phi) is 2.48. The topological polar surface area (TPSA) is 68.2 Å². The number of aromatic nitrogens is 1. The van der Waals surface area contributed by atoms with E-state index in [1.54, 1.807) is 17.7 Å². The number of phenols is 1. The van der Waals surface area contributed by atoms with Crippen LogP contribution in [0, 0.1) is 0 Å². The van der Waals surface area contributed by atoms with Gasteiger partial charge in [0.15, 0.2) is 0 Å². The van der Waals surface area contributed by atoms with Gasteiger partial charge in [0, 0.05) is 18.5 Å². The number of aryl methyl sites for hydroxylation is 1. The number of halogens is 2. The van der Waals surface area contributed by atoms with E-state index in [1.165, 1.54) is 6.07 Å². The lowest BCUT2D eigenvalue weighted by atomic mass is 10.2. The molecule has 3 N–H and O–H groups in total. The van der Waals surface area contributed by atoms with E-state index in [1.807, 2.05) is 0 Å². The molecule has 2 aromatic rings. The van der Waals surface area contributed by atoms with Crippen molar-refractivity contribution >= 4 is 40.0 Å². The van der Waals surface area contributed by atoms with E-state index in [-0.39, 0.29) is 15.8 Å². The summed E-state index contributed by atoms with van der Waals surface area (Å²) in [5.41, 5.74) is 6.11. The van der Waals surface area contributed by atoms with Gasteiger partial charge in [-0.05, 0) is 6.07 Å². The molecule has 0 bridgehead atoms. The van der Waals surface area contributed by atoms with Crippen molar-refractivity contribution in [3.8, 4) is 5.75 Å². The van der Waals surface area contributed by atoms with Crippen LogP contribution in [-0.2, 0) is 7.05 Å². The SMILES string of the molecule is Cn1c(C(N)=O)cc2c(Cl)c(Cl)c(O)cc21. The molecule has 1 heterocycles. The molecule has 0 spiro atoms. The van der Waals surface area contributed by atoms with Crippen molar-refractivity contribution in [1.82, 2.24) is 4.57 Å². The minimum Gasteiger partial charge on any atom is -0.506 e. The van der Waals surface area contributed by atoms with Crippen molar-refractivity contribution in [2.24, 2.45) is 12.8 Å². The average Bonchev–Trinajstić information content (AvgIpc) is 2.54. The maximum absolute atomic E-state index is 11.1. The molecule has 0 radical (unpaired) electrons. The third-order valence-corrected chi connectivity index (χ3v) is 3.33. The Labute approximate surface area is 101 Å². The van der Waals surface area contributed by atoms with Gasteiger partial charge in [0.2, 0.25) is 0 Å². The standard InChI is InChI=1S/C10H8Cl2N2O2/c1-14-5-3-7(15)9(12)8(11)4(5)2-6(14)10(13)16/h2-3,15H,1H3,(H2,13,16). The number of rotatable bonds is 1. The molecular formula is C10H8Cl2N2O2. The van der Waals surface area contributed by atoms with Gasteiger partial charge in [0.1, 0.15) is 16.5 Å². The van der Waals surface area contributed by atoms with Gasteiger partial charge >= 0.3 is 0 Å². The van der Waals surface area contributed by atoms with E-state index in [0.717, 1.165) is 0 Å². The van der Waals surface area contributed by atoms with Crippen LogP contribution in [0.2, 0.25) is 10.0 Å². The predicted octanol–water partition coefficient (Wildman–Crippen LogP) is 2.29. The quantitative estimate of drug-likeness (QED) is 0.824. The maximum atomic E-state index is 11.1. The van der Waals surface area contributed by atoms with Crippen LogP contribution in [0.5, 0.6) is 5.75 Å². The fraction of sp³-hybridized carbons (Fsp3) is 0.100. The second kappa shape index (κ2) is 3.57. The number of nitrogens with two attached hydrogens (primary N) is 1. The lowest BCUT2D eigenvalue weighted by Gasteiger charge is -2.03. The zero-order chi connectivity index (χ0) is 12.0. The van der Waals surface area contributed by atoms with Crippen LogP contribution in [0.3, 0.4) is 0 Å². The second-order valence-electron chi connectivity index (χ2n) is 3.41. The fourth-order valence-electron chi connectivity index (χ4n) is 1.63. The lowest BCUT2D eigenvalue weighted by Crippen LogP contribution is -2.14. The summed E-state index contributed by atoms with van der Waals surface area (Å²) in [5.74, 6) is -0.693. The minimum absolute atomic E-state index is 0.0655. The largest absolute Gasteiger partial charge is 0.506 e.